The van der Waals surface area contributed by atoms with E-state index in [4.69, 9.17) is 9.47 Å². The van der Waals surface area contributed by atoms with Gasteiger partial charge in [0, 0.05) is 30.9 Å². The van der Waals surface area contributed by atoms with Crippen molar-refractivity contribution >= 4 is 12.1 Å². The van der Waals surface area contributed by atoms with Crippen molar-refractivity contribution in [3.63, 3.8) is 0 Å². The maximum Gasteiger partial charge on any atom is 0.410 e. The van der Waals surface area contributed by atoms with Crippen LogP contribution in [0.5, 0.6) is 0 Å². The van der Waals surface area contributed by atoms with Gasteiger partial charge in [0.25, 0.3) is 0 Å². The molecule has 32 heavy (non-hydrogen) atoms. The number of hydrogen-bond acceptors (Lipinski definition) is 6. The Hall–Kier alpha value is -2.87. The lowest BCUT2D eigenvalue weighted by atomic mass is 10.0. The Labute approximate surface area is 189 Å². The third-order valence-electron chi connectivity index (χ3n) is 5.40. The van der Waals surface area contributed by atoms with Crippen molar-refractivity contribution in [1.82, 2.24) is 20.0 Å². The molecule has 1 fully saturated rings. The summed E-state index contributed by atoms with van der Waals surface area (Å²) in [6.07, 6.45) is 0.673. The number of benzene rings is 1. The van der Waals surface area contributed by atoms with E-state index in [1.165, 1.54) is 7.11 Å². The first-order valence-electron chi connectivity index (χ1n) is 11.0. The van der Waals surface area contributed by atoms with Crippen LogP contribution >= 0.6 is 0 Å². The minimum Gasteiger partial charge on any atom is -0.469 e. The number of ether oxygens (including phenoxy) is 2. The van der Waals surface area contributed by atoms with Gasteiger partial charge < -0.3 is 19.7 Å². The Kier molecular flexibility index (Phi) is 7.23. The van der Waals surface area contributed by atoms with Crippen LogP contribution in [0.15, 0.2) is 30.3 Å². The zero-order valence-electron chi connectivity index (χ0n) is 19.8. The van der Waals surface area contributed by atoms with Gasteiger partial charge in [-0.1, -0.05) is 12.1 Å². The van der Waals surface area contributed by atoms with Crippen molar-refractivity contribution in [2.24, 2.45) is 0 Å². The van der Waals surface area contributed by atoms with Gasteiger partial charge in [-0.15, -0.1) is 0 Å². The number of carbonyl (C=O) groups is 2. The standard InChI is InChI=1S/C24H34N4O4/c1-16-12-17(2)28(26-16)20-9-7-8-18(13-20)21(14-22(29)31-6)25-19-10-11-27(15-19)23(30)32-24(3,4)5/h7-9,12-13,19,21,25H,10-11,14-15H2,1-6H3/t19-,21?/m0/s1. The Balaban J connectivity index is 1.76. The van der Waals surface area contributed by atoms with Crippen LogP contribution in [0.25, 0.3) is 5.69 Å². The molecular formula is C24H34N4O4. The van der Waals surface area contributed by atoms with E-state index >= 15 is 0 Å². The van der Waals surface area contributed by atoms with E-state index in [1.807, 2.05) is 69.6 Å². The molecule has 1 N–H and O–H groups in total. The summed E-state index contributed by atoms with van der Waals surface area (Å²) in [6.45, 7) is 10.7. The highest BCUT2D eigenvalue weighted by Crippen LogP contribution is 2.24. The SMILES string of the molecule is COC(=O)CC(N[C@H]1CCN(C(=O)OC(C)(C)C)C1)c1cccc(-n2nc(C)cc2C)c1. The van der Waals surface area contributed by atoms with E-state index in [-0.39, 0.29) is 30.6 Å². The number of hydrogen-bond donors (Lipinski definition) is 1. The smallest absolute Gasteiger partial charge is 0.410 e. The number of nitrogens with zero attached hydrogens (tertiary/aromatic N) is 3. The second-order valence-corrected chi connectivity index (χ2v) is 9.35. The molecular weight excluding hydrogens is 408 g/mol. The summed E-state index contributed by atoms with van der Waals surface area (Å²) in [5, 5.41) is 8.13. The number of likely N-dealkylation sites (tertiary alicyclic amines) is 1. The summed E-state index contributed by atoms with van der Waals surface area (Å²) in [4.78, 5) is 26.3. The zero-order valence-corrected chi connectivity index (χ0v) is 19.8. The van der Waals surface area contributed by atoms with Crippen molar-refractivity contribution in [2.75, 3.05) is 20.2 Å². The summed E-state index contributed by atoms with van der Waals surface area (Å²) in [6, 6.07) is 9.84. The predicted octanol–water partition coefficient (Wildman–Crippen LogP) is 3.69. The first kappa shape index (κ1) is 23.8. The van der Waals surface area contributed by atoms with E-state index in [0.29, 0.717) is 13.1 Å². The fraction of sp³-hybridized carbons (Fsp3) is 0.542. The second kappa shape index (κ2) is 9.73. The van der Waals surface area contributed by atoms with Crippen LogP contribution in [0, 0.1) is 13.8 Å². The molecule has 1 amide bonds. The molecule has 2 atom stereocenters. The van der Waals surface area contributed by atoms with Crippen LogP contribution in [0.2, 0.25) is 0 Å². The quantitative estimate of drug-likeness (QED) is 0.687. The molecule has 174 valence electrons. The predicted molar refractivity (Wildman–Crippen MR) is 122 cm³/mol. The van der Waals surface area contributed by atoms with Gasteiger partial charge in [-0.25, -0.2) is 9.48 Å². The molecule has 2 heterocycles. The molecule has 1 saturated heterocycles. The molecule has 1 unspecified atom stereocenters. The highest BCUT2D eigenvalue weighted by Gasteiger charge is 2.31. The van der Waals surface area contributed by atoms with Gasteiger partial charge >= 0.3 is 12.1 Å². The normalized spacial score (nSPS) is 17.3. The molecule has 1 aromatic heterocycles. The number of aryl methyl sites for hydroxylation is 2. The maximum atomic E-state index is 12.4. The monoisotopic (exact) mass is 442 g/mol. The lowest BCUT2D eigenvalue weighted by Gasteiger charge is -2.26. The molecule has 0 aliphatic carbocycles. The summed E-state index contributed by atoms with van der Waals surface area (Å²) < 4.78 is 12.3. The second-order valence-electron chi connectivity index (χ2n) is 9.35. The third-order valence-corrected chi connectivity index (χ3v) is 5.40. The average molecular weight is 443 g/mol. The molecule has 0 radical (unpaired) electrons. The molecule has 0 spiro atoms. The number of carbonyl (C=O) groups excluding carboxylic acids is 2. The first-order valence-corrected chi connectivity index (χ1v) is 11.0. The average Bonchev–Trinajstić information content (AvgIpc) is 3.32. The van der Waals surface area contributed by atoms with Crippen LogP contribution in [-0.4, -0.2) is 58.6 Å². The van der Waals surface area contributed by atoms with Crippen LogP contribution in [0.1, 0.15) is 56.6 Å². The molecule has 8 nitrogen and oxygen atoms in total. The molecule has 0 saturated carbocycles. The van der Waals surface area contributed by atoms with Crippen molar-refractivity contribution in [3.05, 3.63) is 47.3 Å². The van der Waals surface area contributed by atoms with E-state index < -0.39 is 5.60 Å². The van der Waals surface area contributed by atoms with E-state index in [2.05, 4.69) is 10.4 Å². The van der Waals surface area contributed by atoms with Crippen LogP contribution in [-0.2, 0) is 14.3 Å². The number of nitrogens with one attached hydrogen (secondary N) is 1. The van der Waals surface area contributed by atoms with Crippen molar-refractivity contribution in [1.29, 1.82) is 0 Å². The maximum absolute atomic E-state index is 12.4. The van der Waals surface area contributed by atoms with E-state index in [9.17, 15) is 9.59 Å². The molecule has 2 aromatic rings. The number of rotatable bonds is 6. The van der Waals surface area contributed by atoms with Gasteiger partial charge in [-0.2, -0.15) is 5.10 Å². The molecule has 1 aliphatic heterocycles. The van der Waals surface area contributed by atoms with Gasteiger partial charge in [0.2, 0.25) is 0 Å². The van der Waals surface area contributed by atoms with Gasteiger partial charge in [0.15, 0.2) is 0 Å². The molecule has 8 heteroatoms. The first-order chi connectivity index (χ1) is 15.1. The molecule has 3 rings (SSSR count). The fourth-order valence-corrected chi connectivity index (χ4v) is 3.96. The van der Waals surface area contributed by atoms with Gasteiger partial charge in [0.1, 0.15) is 5.60 Å². The van der Waals surface area contributed by atoms with Gasteiger partial charge in [0.05, 0.1) is 24.9 Å². The molecule has 0 bridgehead atoms. The summed E-state index contributed by atoms with van der Waals surface area (Å²) in [7, 11) is 1.39. The minimum absolute atomic E-state index is 0.0505. The summed E-state index contributed by atoms with van der Waals surface area (Å²) in [5.74, 6) is -0.291. The third kappa shape index (κ3) is 6.09. The lowest BCUT2D eigenvalue weighted by Crippen LogP contribution is -2.39. The summed E-state index contributed by atoms with van der Waals surface area (Å²) >= 11 is 0. The molecule has 1 aliphatic rings. The number of esters is 1. The topological polar surface area (TPSA) is 85.7 Å². The van der Waals surface area contributed by atoms with E-state index in [0.717, 1.165) is 29.1 Å². The minimum atomic E-state index is -0.528. The van der Waals surface area contributed by atoms with Gasteiger partial charge in [-0.05, 0) is 64.8 Å². The highest BCUT2D eigenvalue weighted by atomic mass is 16.6. The highest BCUT2D eigenvalue weighted by molar-refractivity contribution is 5.70. The Morgan fingerprint density at radius 2 is 2.00 bits per heavy atom. The Bertz CT molecular complexity index is 963. The Morgan fingerprint density at radius 1 is 1.25 bits per heavy atom. The van der Waals surface area contributed by atoms with E-state index in [1.54, 1.807) is 4.90 Å². The van der Waals surface area contributed by atoms with Crippen molar-refractivity contribution in [2.45, 2.75) is 65.1 Å². The number of amides is 1. The Morgan fingerprint density at radius 3 is 2.62 bits per heavy atom. The van der Waals surface area contributed by atoms with Crippen molar-refractivity contribution < 1.29 is 19.1 Å². The number of methoxy groups -OCH3 is 1. The van der Waals surface area contributed by atoms with Crippen LogP contribution in [0.4, 0.5) is 4.79 Å². The van der Waals surface area contributed by atoms with Gasteiger partial charge in [-0.3, -0.25) is 4.79 Å². The lowest BCUT2D eigenvalue weighted by molar-refractivity contribution is -0.141. The fourth-order valence-electron chi connectivity index (χ4n) is 3.96. The van der Waals surface area contributed by atoms with Crippen LogP contribution < -0.4 is 5.32 Å². The van der Waals surface area contributed by atoms with Crippen LogP contribution in [0.3, 0.4) is 0 Å². The number of aromatic nitrogens is 2. The molecule has 1 aromatic carbocycles. The largest absolute Gasteiger partial charge is 0.469 e. The summed E-state index contributed by atoms with van der Waals surface area (Å²) in [5.41, 5.74) is 3.37. The van der Waals surface area contributed by atoms with Crippen molar-refractivity contribution in [3.8, 4) is 5.69 Å². The zero-order chi connectivity index (χ0) is 23.5.